The van der Waals surface area contributed by atoms with E-state index in [1.807, 2.05) is 0 Å². The third-order valence-electron chi connectivity index (χ3n) is 2.09. The average Bonchev–Trinajstić information content (AvgIpc) is 2.93. The first-order valence-electron chi connectivity index (χ1n) is 5.04. The quantitative estimate of drug-likeness (QED) is 0.435. The zero-order valence-corrected chi connectivity index (χ0v) is 10.9. The first-order valence-corrected chi connectivity index (χ1v) is 5.79. The van der Waals surface area contributed by atoms with E-state index >= 15 is 0 Å². The number of halogens is 2. The van der Waals surface area contributed by atoms with Gasteiger partial charge in [0.25, 0.3) is 5.60 Å². The number of carbonyl (C=O) groups excluding carboxylic acids is 2. The number of carbonyl (C=O) groups is 2. The van der Waals surface area contributed by atoms with E-state index in [1.54, 1.807) is 13.8 Å². The summed E-state index contributed by atoms with van der Waals surface area (Å²) in [5, 5.41) is 0. The van der Waals surface area contributed by atoms with E-state index in [-0.39, 0.29) is 17.7 Å². The van der Waals surface area contributed by atoms with Crippen molar-refractivity contribution >= 4 is 35.1 Å². The summed E-state index contributed by atoms with van der Waals surface area (Å²) in [6, 6.07) is 0. The topological polar surface area (TPSA) is 65.1 Å². The molecule has 0 aliphatic carbocycles. The standard InChI is InChI=1S/C10H12Cl2O5/c1-3-15-8(13)10(9(14)16-4-2)6(17-10)5-7(11)12/h5-6H,3-4H2,1-2H3. The van der Waals surface area contributed by atoms with Crippen molar-refractivity contribution in [2.24, 2.45) is 0 Å². The zero-order chi connectivity index (χ0) is 13.1. The Labute approximate surface area is 109 Å². The molecular weight excluding hydrogens is 271 g/mol. The smallest absolute Gasteiger partial charge is 0.353 e. The second-order valence-electron chi connectivity index (χ2n) is 3.17. The molecule has 0 spiro atoms. The second-order valence-corrected chi connectivity index (χ2v) is 4.18. The van der Waals surface area contributed by atoms with Gasteiger partial charge in [-0.05, 0) is 19.9 Å². The summed E-state index contributed by atoms with van der Waals surface area (Å²) in [5.74, 6) is -1.59. The van der Waals surface area contributed by atoms with Gasteiger partial charge in [-0.2, -0.15) is 0 Å². The molecule has 1 saturated heterocycles. The predicted molar refractivity (Wildman–Crippen MR) is 60.7 cm³/mol. The van der Waals surface area contributed by atoms with Gasteiger partial charge in [-0.3, -0.25) is 0 Å². The Bertz CT molecular complexity index is 331. The Morgan fingerprint density at radius 3 is 2.06 bits per heavy atom. The molecule has 1 unspecified atom stereocenters. The first kappa shape index (κ1) is 14.3. The highest BCUT2D eigenvalue weighted by atomic mass is 35.5. The minimum atomic E-state index is -1.75. The van der Waals surface area contributed by atoms with Crippen molar-refractivity contribution in [3.63, 3.8) is 0 Å². The maximum Gasteiger partial charge on any atom is 0.353 e. The van der Waals surface area contributed by atoms with Gasteiger partial charge in [0, 0.05) is 0 Å². The van der Waals surface area contributed by atoms with Crippen LogP contribution in [0.3, 0.4) is 0 Å². The van der Waals surface area contributed by atoms with Crippen LogP contribution in [0.25, 0.3) is 0 Å². The van der Waals surface area contributed by atoms with Crippen LogP contribution in [-0.2, 0) is 23.8 Å². The van der Waals surface area contributed by atoms with Crippen LogP contribution < -0.4 is 0 Å². The molecule has 17 heavy (non-hydrogen) atoms. The van der Waals surface area contributed by atoms with Crippen LogP contribution >= 0.6 is 23.2 Å². The summed E-state index contributed by atoms with van der Waals surface area (Å²) < 4.78 is 14.5. The van der Waals surface area contributed by atoms with Crippen molar-refractivity contribution in [2.75, 3.05) is 13.2 Å². The third kappa shape index (κ3) is 2.91. The van der Waals surface area contributed by atoms with Crippen molar-refractivity contribution in [1.82, 2.24) is 0 Å². The van der Waals surface area contributed by atoms with Crippen LogP contribution in [0.1, 0.15) is 13.8 Å². The molecule has 0 aromatic rings. The molecule has 0 N–H and O–H groups in total. The highest BCUT2D eigenvalue weighted by molar-refractivity contribution is 6.55. The van der Waals surface area contributed by atoms with E-state index in [2.05, 4.69) is 0 Å². The van der Waals surface area contributed by atoms with E-state index < -0.39 is 23.6 Å². The molecule has 0 aromatic heterocycles. The molecule has 1 rings (SSSR count). The number of epoxide rings is 1. The van der Waals surface area contributed by atoms with Gasteiger partial charge in [-0.25, -0.2) is 9.59 Å². The van der Waals surface area contributed by atoms with E-state index in [4.69, 9.17) is 37.4 Å². The second kappa shape index (κ2) is 5.71. The fourth-order valence-corrected chi connectivity index (χ4v) is 1.55. The third-order valence-corrected chi connectivity index (χ3v) is 2.34. The summed E-state index contributed by atoms with van der Waals surface area (Å²) in [6.07, 6.45) is 0.405. The lowest BCUT2D eigenvalue weighted by Gasteiger charge is -2.09. The fourth-order valence-electron chi connectivity index (χ4n) is 1.32. The normalized spacial score (nSPS) is 20.4. The van der Waals surface area contributed by atoms with E-state index in [1.165, 1.54) is 6.08 Å². The predicted octanol–water partition coefficient (Wildman–Crippen LogP) is 1.57. The average molecular weight is 283 g/mol. The zero-order valence-electron chi connectivity index (χ0n) is 9.37. The van der Waals surface area contributed by atoms with Gasteiger partial charge in [0.2, 0.25) is 0 Å². The van der Waals surface area contributed by atoms with Gasteiger partial charge in [0.1, 0.15) is 10.6 Å². The van der Waals surface area contributed by atoms with Crippen molar-refractivity contribution in [2.45, 2.75) is 25.6 Å². The summed E-state index contributed by atoms with van der Waals surface area (Å²) in [4.78, 5) is 23.3. The highest BCUT2D eigenvalue weighted by Crippen LogP contribution is 2.41. The van der Waals surface area contributed by atoms with Gasteiger partial charge in [-0.15, -0.1) is 0 Å². The van der Waals surface area contributed by atoms with Gasteiger partial charge < -0.3 is 14.2 Å². The number of hydrogen-bond acceptors (Lipinski definition) is 5. The molecular formula is C10H12Cl2O5. The molecule has 0 aromatic carbocycles. The van der Waals surface area contributed by atoms with E-state index in [0.717, 1.165) is 0 Å². The molecule has 1 heterocycles. The molecule has 1 atom stereocenters. The Balaban J connectivity index is 2.86. The molecule has 0 saturated carbocycles. The van der Waals surface area contributed by atoms with Crippen molar-refractivity contribution < 1.29 is 23.8 Å². The summed E-state index contributed by atoms with van der Waals surface area (Å²) in [5.41, 5.74) is -1.75. The van der Waals surface area contributed by atoms with Crippen molar-refractivity contribution in [3.8, 4) is 0 Å². The van der Waals surface area contributed by atoms with Crippen LogP contribution in [0.15, 0.2) is 10.6 Å². The molecule has 96 valence electrons. The number of hydrogen-bond donors (Lipinski definition) is 0. The lowest BCUT2D eigenvalue weighted by molar-refractivity contribution is -0.163. The SMILES string of the molecule is CCOC(=O)C1(C(=O)OCC)OC1C=C(Cl)Cl. The van der Waals surface area contributed by atoms with Crippen molar-refractivity contribution in [1.29, 1.82) is 0 Å². The molecule has 1 aliphatic heterocycles. The van der Waals surface area contributed by atoms with Crippen LogP contribution in [0.2, 0.25) is 0 Å². The Kier molecular flexibility index (Phi) is 4.80. The molecule has 0 amide bonds. The summed E-state index contributed by atoms with van der Waals surface area (Å²) in [7, 11) is 0. The molecule has 0 bridgehead atoms. The molecule has 0 radical (unpaired) electrons. The Hall–Kier alpha value is -0.780. The largest absolute Gasteiger partial charge is 0.463 e. The Morgan fingerprint density at radius 2 is 1.71 bits per heavy atom. The van der Waals surface area contributed by atoms with Gasteiger partial charge in [0.15, 0.2) is 0 Å². The number of ether oxygens (including phenoxy) is 3. The molecule has 1 aliphatic rings. The van der Waals surface area contributed by atoms with Crippen molar-refractivity contribution in [3.05, 3.63) is 10.6 Å². The molecule has 5 nitrogen and oxygen atoms in total. The first-order chi connectivity index (χ1) is 7.98. The van der Waals surface area contributed by atoms with Crippen LogP contribution in [0.5, 0.6) is 0 Å². The van der Waals surface area contributed by atoms with Crippen LogP contribution in [0, 0.1) is 0 Å². The monoisotopic (exact) mass is 282 g/mol. The lowest BCUT2D eigenvalue weighted by atomic mass is 10.1. The molecule has 7 heteroatoms. The van der Waals surface area contributed by atoms with Gasteiger partial charge >= 0.3 is 11.9 Å². The summed E-state index contributed by atoms with van der Waals surface area (Å²) in [6.45, 7) is 3.51. The Morgan fingerprint density at radius 1 is 1.24 bits per heavy atom. The van der Waals surface area contributed by atoms with E-state index in [9.17, 15) is 9.59 Å². The van der Waals surface area contributed by atoms with Gasteiger partial charge in [0.05, 0.1) is 13.2 Å². The lowest BCUT2D eigenvalue weighted by Crippen LogP contribution is -2.39. The number of esters is 2. The van der Waals surface area contributed by atoms with E-state index in [0.29, 0.717) is 0 Å². The maximum absolute atomic E-state index is 11.7. The van der Waals surface area contributed by atoms with Crippen LogP contribution in [0.4, 0.5) is 0 Å². The number of rotatable bonds is 5. The van der Waals surface area contributed by atoms with Gasteiger partial charge in [-0.1, -0.05) is 23.2 Å². The minimum absolute atomic E-state index is 0.0922. The fraction of sp³-hybridized carbons (Fsp3) is 0.600. The molecule has 1 fully saturated rings. The highest BCUT2D eigenvalue weighted by Gasteiger charge is 2.70. The minimum Gasteiger partial charge on any atom is -0.463 e. The summed E-state index contributed by atoms with van der Waals surface area (Å²) >= 11 is 10.9. The van der Waals surface area contributed by atoms with Crippen LogP contribution in [-0.4, -0.2) is 36.9 Å². The maximum atomic E-state index is 11.7.